The van der Waals surface area contributed by atoms with Gasteiger partial charge in [-0.15, -0.1) is 0 Å². The number of hydrogen-bond donors (Lipinski definition) is 0. The molecule has 0 aliphatic heterocycles. The first-order valence-corrected chi connectivity index (χ1v) is 8.16. The summed E-state index contributed by atoms with van der Waals surface area (Å²) in [6.07, 6.45) is -0.810. The Morgan fingerprint density at radius 1 is 0.875 bits per heavy atom. The molecule has 1 atom stereocenters. The molecule has 1 aliphatic rings. The number of benzene rings is 2. The standard InChI is InChI=1S/C21H22O3/c1-20(2)15-12-8-9-13-16(15)21(3,4)18(17(20)22)24-19(23)14-10-6-5-7-11-14/h5-13,18H,1-4H3. The molecule has 0 fully saturated rings. The van der Waals surface area contributed by atoms with Gasteiger partial charge in [-0.2, -0.15) is 0 Å². The smallest absolute Gasteiger partial charge is 0.338 e. The Morgan fingerprint density at radius 3 is 2.04 bits per heavy atom. The van der Waals surface area contributed by atoms with Crippen molar-refractivity contribution in [3.05, 3.63) is 71.3 Å². The molecule has 0 bridgehead atoms. The summed E-state index contributed by atoms with van der Waals surface area (Å²) in [4.78, 5) is 25.6. The Morgan fingerprint density at radius 2 is 1.42 bits per heavy atom. The third kappa shape index (κ3) is 2.44. The summed E-state index contributed by atoms with van der Waals surface area (Å²) >= 11 is 0. The third-order valence-corrected chi connectivity index (χ3v) is 5.04. The molecule has 0 radical (unpaired) electrons. The fourth-order valence-electron chi connectivity index (χ4n) is 3.47. The maximum Gasteiger partial charge on any atom is 0.338 e. The van der Waals surface area contributed by atoms with E-state index in [2.05, 4.69) is 0 Å². The molecular weight excluding hydrogens is 300 g/mol. The first-order valence-electron chi connectivity index (χ1n) is 8.16. The largest absolute Gasteiger partial charge is 0.450 e. The second kappa shape index (κ2) is 5.59. The second-order valence-electron chi connectivity index (χ2n) is 7.41. The highest BCUT2D eigenvalue weighted by Gasteiger charge is 2.52. The molecule has 0 heterocycles. The minimum absolute atomic E-state index is 0.0597. The first kappa shape index (κ1) is 16.4. The van der Waals surface area contributed by atoms with E-state index in [-0.39, 0.29) is 5.78 Å². The topological polar surface area (TPSA) is 43.4 Å². The quantitative estimate of drug-likeness (QED) is 0.783. The summed E-state index contributed by atoms with van der Waals surface area (Å²) < 4.78 is 5.71. The van der Waals surface area contributed by atoms with Gasteiger partial charge in [-0.25, -0.2) is 4.79 Å². The lowest BCUT2D eigenvalue weighted by Gasteiger charge is -2.45. The molecule has 0 saturated carbocycles. The van der Waals surface area contributed by atoms with Gasteiger partial charge < -0.3 is 4.74 Å². The molecule has 0 saturated heterocycles. The van der Waals surface area contributed by atoms with E-state index in [4.69, 9.17) is 4.74 Å². The van der Waals surface area contributed by atoms with Crippen LogP contribution in [0.2, 0.25) is 0 Å². The molecule has 0 N–H and O–H groups in total. The molecule has 2 aromatic rings. The van der Waals surface area contributed by atoms with Crippen LogP contribution in [0.25, 0.3) is 0 Å². The summed E-state index contributed by atoms with van der Waals surface area (Å²) in [6.45, 7) is 7.71. The molecule has 3 heteroatoms. The molecule has 24 heavy (non-hydrogen) atoms. The molecule has 0 spiro atoms. The Kier molecular flexibility index (Phi) is 3.83. The Bertz CT molecular complexity index is 788. The van der Waals surface area contributed by atoms with Crippen LogP contribution in [0.15, 0.2) is 54.6 Å². The van der Waals surface area contributed by atoms with Crippen LogP contribution < -0.4 is 0 Å². The van der Waals surface area contributed by atoms with Gasteiger partial charge >= 0.3 is 5.97 Å². The van der Waals surface area contributed by atoms with E-state index in [0.717, 1.165) is 11.1 Å². The average Bonchev–Trinajstić information content (AvgIpc) is 2.58. The van der Waals surface area contributed by atoms with Gasteiger partial charge in [0.1, 0.15) is 0 Å². The number of ether oxygens (including phenoxy) is 1. The fraction of sp³-hybridized carbons (Fsp3) is 0.333. The highest BCUT2D eigenvalue weighted by Crippen LogP contribution is 2.45. The van der Waals surface area contributed by atoms with Crippen molar-refractivity contribution in [2.45, 2.75) is 44.6 Å². The van der Waals surface area contributed by atoms with Crippen molar-refractivity contribution in [1.29, 1.82) is 0 Å². The zero-order chi connectivity index (χ0) is 17.5. The number of carbonyl (C=O) groups excluding carboxylic acids is 2. The maximum absolute atomic E-state index is 13.1. The van der Waals surface area contributed by atoms with Crippen LogP contribution >= 0.6 is 0 Å². The molecule has 0 aromatic heterocycles. The predicted octanol–water partition coefficient (Wildman–Crippen LogP) is 4.05. The maximum atomic E-state index is 13.1. The average molecular weight is 322 g/mol. The third-order valence-electron chi connectivity index (χ3n) is 5.04. The summed E-state index contributed by atoms with van der Waals surface area (Å²) in [6, 6.07) is 16.7. The van der Waals surface area contributed by atoms with Gasteiger partial charge in [-0.05, 0) is 37.1 Å². The lowest BCUT2D eigenvalue weighted by molar-refractivity contribution is -0.137. The minimum atomic E-state index is -0.810. The molecule has 0 amide bonds. The number of esters is 1. The first-order chi connectivity index (χ1) is 11.3. The predicted molar refractivity (Wildman–Crippen MR) is 93.1 cm³/mol. The Labute approximate surface area is 142 Å². The van der Waals surface area contributed by atoms with E-state index in [9.17, 15) is 9.59 Å². The number of ketones is 1. The monoisotopic (exact) mass is 322 g/mol. The molecule has 3 nitrogen and oxygen atoms in total. The molecule has 1 aliphatic carbocycles. The number of rotatable bonds is 2. The molecule has 2 aromatic carbocycles. The normalized spacial score (nSPS) is 21.0. The van der Waals surface area contributed by atoms with Gasteiger partial charge in [0.15, 0.2) is 11.9 Å². The zero-order valence-corrected chi connectivity index (χ0v) is 14.5. The van der Waals surface area contributed by atoms with Crippen LogP contribution in [-0.2, 0) is 20.4 Å². The van der Waals surface area contributed by atoms with Crippen LogP contribution in [0, 0.1) is 0 Å². The van der Waals surface area contributed by atoms with E-state index in [0.29, 0.717) is 5.56 Å². The van der Waals surface area contributed by atoms with Crippen molar-refractivity contribution in [3.63, 3.8) is 0 Å². The summed E-state index contributed by atoms with van der Waals surface area (Å²) in [5.74, 6) is -0.521. The lowest BCUT2D eigenvalue weighted by atomic mass is 9.61. The van der Waals surface area contributed by atoms with Gasteiger partial charge in [0.25, 0.3) is 0 Å². The van der Waals surface area contributed by atoms with Gasteiger partial charge in [0.2, 0.25) is 0 Å². The number of Topliss-reactive ketones (excluding diaryl/α,β-unsaturated/α-hetero) is 1. The Balaban J connectivity index is 2.02. The minimum Gasteiger partial charge on any atom is -0.450 e. The Hall–Kier alpha value is -2.42. The summed E-state index contributed by atoms with van der Waals surface area (Å²) in [5.41, 5.74) is 1.26. The van der Waals surface area contributed by atoms with Crippen molar-refractivity contribution in [1.82, 2.24) is 0 Å². The van der Waals surface area contributed by atoms with E-state index < -0.39 is 22.9 Å². The SMILES string of the molecule is CC1(C)C(=O)C(OC(=O)c2ccccc2)C(C)(C)c2ccccc21. The van der Waals surface area contributed by atoms with Crippen LogP contribution in [0.1, 0.15) is 49.2 Å². The molecular formula is C21H22O3. The molecule has 1 unspecified atom stereocenters. The highest BCUT2D eigenvalue weighted by molar-refractivity contribution is 5.99. The lowest BCUT2D eigenvalue weighted by Crippen LogP contribution is -2.55. The van der Waals surface area contributed by atoms with E-state index in [1.54, 1.807) is 24.3 Å². The van der Waals surface area contributed by atoms with E-state index in [1.807, 2.05) is 58.0 Å². The van der Waals surface area contributed by atoms with Crippen LogP contribution in [0.5, 0.6) is 0 Å². The molecule has 124 valence electrons. The number of fused-ring (bicyclic) bond motifs is 1. The number of carbonyl (C=O) groups is 2. The summed E-state index contributed by atoms with van der Waals surface area (Å²) in [7, 11) is 0. The van der Waals surface area contributed by atoms with Crippen molar-refractivity contribution < 1.29 is 14.3 Å². The van der Waals surface area contributed by atoms with Gasteiger partial charge in [0.05, 0.1) is 11.0 Å². The highest BCUT2D eigenvalue weighted by atomic mass is 16.5. The van der Waals surface area contributed by atoms with E-state index >= 15 is 0 Å². The van der Waals surface area contributed by atoms with Gasteiger partial charge in [-0.3, -0.25) is 4.79 Å². The molecule has 3 rings (SSSR count). The zero-order valence-electron chi connectivity index (χ0n) is 14.5. The van der Waals surface area contributed by atoms with Crippen molar-refractivity contribution in [3.8, 4) is 0 Å². The second-order valence-corrected chi connectivity index (χ2v) is 7.41. The summed E-state index contributed by atoms with van der Waals surface area (Å²) in [5, 5.41) is 0. The van der Waals surface area contributed by atoms with Crippen LogP contribution in [0.3, 0.4) is 0 Å². The fourth-order valence-corrected chi connectivity index (χ4v) is 3.47. The van der Waals surface area contributed by atoms with E-state index in [1.165, 1.54) is 0 Å². The van der Waals surface area contributed by atoms with Gasteiger partial charge in [0, 0.05) is 5.41 Å². The number of hydrogen-bond acceptors (Lipinski definition) is 3. The van der Waals surface area contributed by atoms with Crippen molar-refractivity contribution >= 4 is 11.8 Å². The van der Waals surface area contributed by atoms with Crippen LogP contribution in [0.4, 0.5) is 0 Å². The van der Waals surface area contributed by atoms with Crippen molar-refractivity contribution in [2.75, 3.05) is 0 Å². The van der Waals surface area contributed by atoms with Crippen LogP contribution in [-0.4, -0.2) is 17.9 Å². The van der Waals surface area contributed by atoms with Gasteiger partial charge in [-0.1, -0.05) is 56.3 Å². The van der Waals surface area contributed by atoms with Crippen molar-refractivity contribution in [2.24, 2.45) is 0 Å².